The van der Waals surface area contributed by atoms with Crippen LogP contribution in [0.1, 0.15) is 15.9 Å². The maximum Gasteiger partial charge on any atom is 0.257 e. The Bertz CT molecular complexity index is 1010. The highest BCUT2D eigenvalue weighted by atomic mass is 32.1. The van der Waals surface area contributed by atoms with Crippen molar-refractivity contribution in [2.75, 3.05) is 7.11 Å². The van der Waals surface area contributed by atoms with Gasteiger partial charge in [-0.1, -0.05) is 42.5 Å². The normalized spacial score (nSPS) is 10.2. The van der Waals surface area contributed by atoms with Crippen LogP contribution in [-0.2, 0) is 11.2 Å². The number of methoxy groups -OCH3 is 1. The topological polar surface area (TPSA) is 79.5 Å². The monoisotopic (exact) mass is 393 g/mol. The highest BCUT2D eigenvalue weighted by Crippen LogP contribution is 2.18. The third-order valence-corrected chi connectivity index (χ3v) is 4.33. The molecule has 3 aromatic rings. The van der Waals surface area contributed by atoms with Gasteiger partial charge in [0.15, 0.2) is 5.11 Å². The van der Waals surface area contributed by atoms with Gasteiger partial charge in [0, 0.05) is 5.56 Å². The number of carbonyl (C=O) groups is 2. The molecule has 0 aliphatic heterocycles. The molecule has 0 radical (unpaired) electrons. The molecule has 142 valence electrons. The van der Waals surface area contributed by atoms with E-state index in [9.17, 15) is 9.59 Å². The summed E-state index contributed by atoms with van der Waals surface area (Å²) in [6.07, 6.45) is 0.184. The Morgan fingerprint density at radius 2 is 1.64 bits per heavy atom. The molecule has 3 aromatic carbocycles. The van der Waals surface area contributed by atoms with E-state index in [4.69, 9.17) is 17.0 Å². The van der Waals surface area contributed by atoms with Crippen molar-refractivity contribution in [3.05, 3.63) is 77.9 Å². The third kappa shape index (κ3) is 4.83. The van der Waals surface area contributed by atoms with Gasteiger partial charge in [0.05, 0.1) is 13.5 Å². The molecule has 0 saturated heterocycles. The number of ether oxygens (including phenoxy) is 1. The van der Waals surface area contributed by atoms with E-state index in [0.717, 1.165) is 16.3 Å². The van der Waals surface area contributed by atoms with Crippen molar-refractivity contribution in [3.8, 4) is 5.75 Å². The van der Waals surface area contributed by atoms with Crippen LogP contribution in [0.15, 0.2) is 66.7 Å². The second kappa shape index (κ2) is 8.96. The van der Waals surface area contributed by atoms with Gasteiger partial charge in [-0.2, -0.15) is 0 Å². The second-order valence-electron chi connectivity index (χ2n) is 6.00. The van der Waals surface area contributed by atoms with Crippen LogP contribution >= 0.6 is 12.2 Å². The van der Waals surface area contributed by atoms with Gasteiger partial charge in [-0.15, -0.1) is 0 Å². The van der Waals surface area contributed by atoms with Crippen LogP contribution < -0.4 is 20.9 Å². The number of thiocarbonyl (C=S) groups is 1. The molecule has 0 unspecified atom stereocenters. The van der Waals surface area contributed by atoms with Gasteiger partial charge in [-0.3, -0.25) is 25.8 Å². The highest BCUT2D eigenvalue weighted by Gasteiger charge is 2.10. The molecule has 0 bridgehead atoms. The summed E-state index contributed by atoms with van der Waals surface area (Å²) in [4.78, 5) is 24.4. The van der Waals surface area contributed by atoms with E-state index in [1.165, 1.54) is 0 Å². The minimum absolute atomic E-state index is 0.00656. The lowest BCUT2D eigenvalue weighted by molar-refractivity contribution is -0.121. The first kappa shape index (κ1) is 19.3. The Hall–Kier alpha value is -3.45. The summed E-state index contributed by atoms with van der Waals surface area (Å²) in [5.74, 6) is -0.00111. The largest absolute Gasteiger partial charge is 0.497 e. The third-order valence-electron chi connectivity index (χ3n) is 4.13. The van der Waals surface area contributed by atoms with Gasteiger partial charge in [0.25, 0.3) is 5.91 Å². The summed E-state index contributed by atoms with van der Waals surface area (Å²) >= 11 is 5.06. The highest BCUT2D eigenvalue weighted by molar-refractivity contribution is 7.80. The van der Waals surface area contributed by atoms with E-state index in [0.29, 0.717) is 11.3 Å². The number of amides is 2. The fourth-order valence-electron chi connectivity index (χ4n) is 2.74. The molecule has 0 atom stereocenters. The van der Waals surface area contributed by atoms with Crippen LogP contribution in [-0.4, -0.2) is 24.0 Å². The van der Waals surface area contributed by atoms with Crippen LogP contribution in [0.3, 0.4) is 0 Å². The first-order valence-electron chi connectivity index (χ1n) is 8.57. The van der Waals surface area contributed by atoms with Crippen LogP contribution in [0.25, 0.3) is 10.8 Å². The number of nitrogens with one attached hydrogen (secondary N) is 3. The standard InChI is InChI=1S/C21H19N3O3S/c1-27-17-11-9-15(10-12-17)20(26)22-21(28)24-23-19(25)13-16-7-4-6-14-5-2-3-8-18(14)16/h2-12H,13H2,1H3,(H,23,25)(H2,22,24,26,28). The van der Waals surface area contributed by atoms with Gasteiger partial charge in [-0.25, -0.2) is 0 Å². The van der Waals surface area contributed by atoms with E-state index in [2.05, 4.69) is 16.2 Å². The number of hydrogen-bond acceptors (Lipinski definition) is 4. The second-order valence-corrected chi connectivity index (χ2v) is 6.41. The molecule has 3 rings (SSSR count). The molecular formula is C21H19N3O3S. The quantitative estimate of drug-likeness (QED) is 0.469. The first-order valence-corrected chi connectivity index (χ1v) is 8.98. The molecule has 28 heavy (non-hydrogen) atoms. The molecule has 0 heterocycles. The first-order chi connectivity index (χ1) is 13.6. The fraction of sp³-hybridized carbons (Fsp3) is 0.0952. The SMILES string of the molecule is COc1ccc(C(=O)NC(=S)NNC(=O)Cc2cccc3ccccc23)cc1. The summed E-state index contributed by atoms with van der Waals surface area (Å²) in [5.41, 5.74) is 6.39. The molecule has 0 aliphatic rings. The number of hydrogen-bond donors (Lipinski definition) is 3. The van der Waals surface area contributed by atoms with E-state index in [1.807, 2.05) is 42.5 Å². The molecule has 3 N–H and O–H groups in total. The van der Waals surface area contributed by atoms with Crippen molar-refractivity contribution in [2.45, 2.75) is 6.42 Å². The Labute approximate surface area is 167 Å². The van der Waals surface area contributed by atoms with Crippen molar-refractivity contribution in [2.24, 2.45) is 0 Å². The van der Waals surface area contributed by atoms with Gasteiger partial charge >= 0.3 is 0 Å². The molecule has 0 aliphatic carbocycles. The molecular weight excluding hydrogens is 374 g/mol. The zero-order valence-electron chi connectivity index (χ0n) is 15.2. The van der Waals surface area contributed by atoms with Crippen LogP contribution in [0.2, 0.25) is 0 Å². The maximum absolute atomic E-state index is 12.2. The average Bonchev–Trinajstić information content (AvgIpc) is 2.72. The summed E-state index contributed by atoms with van der Waals surface area (Å²) in [6.45, 7) is 0. The van der Waals surface area contributed by atoms with Gasteiger partial charge in [0.2, 0.25) is 5.91 Å². The molecule has 0 fully saturated rings. The Morgan fingerprint density at radius 1 is 0.929 bits per heavy atom. The predicted octanol–water partition coefficient (Wildman–Crippen LogP) is 2.73. The van der Waals surface area contributed by atoms with Crippen molar-refractivity contribution in [1.29, 1.82) is 0 Å². The number of hydrazine groups is 1. The van der Waals surface area contributed by atoms with Crippen molar-refractivity contribution in [3.63, 3.8) is 0 Å². The summed E-state index contributed by atoms with van der Waals surface area (Å²) in [6, 6.07) is 20.3. The van der Waals surface area contributed by atoms with Crippen molar-refractivity contribution < 1.29 is 14.3 Å². The molecule has 6 nitrogen and oxygen atoms in total. The van der Waals surface area contributed by atoms with Crippen LogP contribution in [0.5, 0.6) is 5.75 Å². The van der Waals surface area contributed by atoms with Crippen molar-refractivity contribution in [1.82, 2.24) is 16.2 Å². The lowest BCUT2D eigenvalue weighted by Crippen LogP contribution is -2.48. The summed E-state index contributed by atoms with van der Waals surface area (Å²) in [5, 5.41) is 4.61. The molecule has 7 heteroatoms. The predicted molar refractivity (Wildman–Crippen MR) is 112 cm³/mol. The Kier molecular flexibility index (Phi) is 6.18. The Morgan fingerprint density at radius 3 is 2.39 bits per heavy atom. The maximum atomic E-state index is 12.2. The number of benzene rings is 3. The van der Waals surface area contributed by atoms with Gasteiger partial charge in [0.1, 0.15) is 5.75 Å². The van der Waals surface area contributed by atoms with Crippen LogP contribution in [0, 0.1) is 0 Å². The molecule has 0 spiro atoms. The summed E-state index contributed by atoms with van der Waals surface area (Å²) in [7, 11) is 1.55. The van der Waals surface area contributed by atoms with Crippen LogP contribution in [0.4, 0.5) is 0 Å². The molecule has 0 saturated carbocycles. The Balaban J connectivity index is 1.52. The molecule has 2 amide bonds. The fourth-order valence-corrected chi connectivity index (χ4v) is 2.88. The zero-order valence-corrected chi connectivity index (χ0v) is 16.0. The van der Waals surface area contributed by atoms with E-state index in [-0.39, 0.29) is 23.3 Å². The van der Waals surface area contributed by atoms with E-state index >= 15 is 0 Å². The lowest BCUT2D eigenvalue weighted by Gasteiger charge is -2.12. The minimum atomic E-state index is -0.386. The van der Waals surface area contributed by atoms with Gasteiger partial charge < -0.3 is 4.74 Å². The van der Waals surface area contributed by atoms with Gasteiger partial charge in [-0.05, 0) is 52.8 Å². The average molecular weight is 393 g/mol. The van der Waals surface area contributed by atoms with Crippen molar-refractivity contribution >= 4 is 39.9 Å². The number of rotatable bonds is 4. The smallest absolute Gasteiger partial charge is 0.257 e. The number of fused-ring (bicyclic) bond motifs is 1. The minimum Gasteiger partial charge on any atom is -0.497 e. The van der Waals surface area contributed by atoms with E-state index < -0.39 is 0 Å². The molecule has 0 aromatic heterocycles. The summed E-state index contributed by atoms with van der Waals surface area (Å²) < 4.78 is 5.05. The zero-order chi connectivity index (χ0) is 19.9. The van der Waals surface area contributed by atoms with E-state index in [1.54, 1.807) is 31.4 Å². The lowest BCUT2D eigenvalue weighted by atomic mass is 10.0. The number of carbonyl (C=O) groups excluding carboxylic acids is 2.